The molecule has 0 saturated carbocycles. The molecule has 0 N–H and O–H groups in total. The quantitative estimate of drug-likeness (QED) is 0.286. The Hall–Kier alpha value is -2.56. The first-order valence-corrected chi connectivity index (χ1v) is 7.58. The van der Waals surface area contributed by atoms with Crippen LogP contribution in [0.5, 0.6) is 0 Å². The van der Waals surface area contributed by atoms with Crippen molar-refractivity contribution in [2.45, 2.75) is 11.8 Å². The van der Waals surface area contributed by atoms with E-state index in [9.17, 15) is 13.2 Å². The third-order valence-electron chi connectivity index (χ3n) is 2.91. The van der Waals surface area contributed by atoms with E-state index in [1.807, 2.05) is 6.92 Å². The Kier molecular flexibility index (Phi) is 4.12. The third kappa shape index (κ3) is 2.97. The zero-order chi connectivity index (χ0) is 15.5. The molecule has 6 heteroatoms. The minimum Gasteiger partial charge on any atom is -0.360 e. The zero-order valence-corrected chi connectivity index (χ0v) is 12.0. The van der Waals surface area contributed by atoms with Crippen LogP contribution >= 0.6 is 0 Å². The van der Waals surface area contributed by atoms with Gasteiger partial charge in [0.25, 0.3) is 15.6 Å². The molecule has 0 bridgehead atoms. The lowest BCUT2D eigenvalue weighted by Gasteiger charge is -2.01. The molecule has 0 aliphatic carbocycles. The van der Waals surface area contributed by atoms with Gasteiger partial charge < -0.3 is 5.53 Å². The summed E-state index contributed by atoms with van der Waals surface area (Å²) in [5.41, 5.74) is 10.0. The monoisotopic (exact) mass is 300 g/mol. The standard InChI is InChI=1S/C15H12N2O3S/c1-11-7-9-13(10-8-11)21(19,20)15(17-16)14(18)12-5-3-2-4-6-12/h2-10H,1H3. The van der Waals surface area contributed by atoms with Crippen LogP contribution in [-0.4, -0.2) is 24.0 Å². The summed E-state index contributed by atoms with van der Waals surface area (Å²) >= 11 is 0. The molecule has 106 valence electrons. The molecular weight excluding hydrogens is 288 g/mol. The Morgan fingerprint density at radius 2 is 1.57 bits per heavy atom. The molecule has 0 aliphatic heterocycles. The van der Waals surface area contributed by atoms with Crippen molar-refractivity contribution >= 4 is 20.7 Å². The number of benzene rings is 2. The molecule has 5 nitrogen and oxygen atoms in total. The second-order valence-electron chi connectivity index (χ2n) is 4.42. The summed E-state index contributed by atoms with van der Waals surface area (Å²) < 4.78 is 24.8. The maximum absolute atomic E-state index is 12.4. The molecule has 2 aromatic carbocycles. The average molecular weight is 300 g/mol. The lowest BCUT2D eigenvalue weighted by molar-refractivity contribution is -0.00158. The fraction of sp³-hybridized carbons (Fsp3) is 0.0667. The van der Waals surface area contributed by atoms with Crippen molar-refractivity contribution < 1.29 is 18.0 Å². The Labute approximate surface area is 122 Å². The van der Waals surface area contributed by atoms with Gasteiger partial charge in [-0.05, 0) is 19.1 Å². The van der Waals surface area contributed by atoms with E-state index in [1.165, 1.54) is 24.3 Å². The number of hydrogen-bond acceptors (Lipinski definition) is 3. The fourth-order valence-corrected chi connectivity index (χ4v) is 2.95. The first-order valence-electron chi connectivity index (χ1n) is 6.10. The van der Waals surface area contributed by atoms with Gasteiger partial charge >= 0.3 is 5.04 Å². The SMILES string of the molecule is Cc1ccc(S(=O)(=O)C(=[N+]=[N-])C(=O)c2ccccc2)cc1. The molecule has 2 rings (SSSR count). The summed E-state index contributed by atoms with van der Waals surface area (Å²) in [6, 6.07) is 13.8. The molecule has 21 heavy (non-hydrogen) atoms. The topological polar surface area (TPSA) is 87.6 Å². The van der Waals surface area contributed by atoms with Crippen LogP contribution in [0.4, 0.5) is 0 Å². The summed E-state index contributed by atoms with van der Waals surface area (Å²) in [4.78, 5) is 14.8. The van der Waals surface area contributed by atoms with Crippen molar-refractivity contribution in [2.24, 2.45) is 0 Å². The summed E-state index contributed by atoms with van der Waals surface area (Å²) in [5, 5.41) is -0.891. The highest BCUT2D eigenvalue weighted by atomic mass is 32.2. The van der Waals surface area contributed by atoms with Crippen LogP contribution in [0.1, 0.15) is 15.9 Å². The van der Waals surface area contributed by atoms with Crippen LogP contribution in [-0.2, 0) is 9.84 Å². The molecule has 2 aromatic rings. The van der Waals surface area contributed by atoms with Crippen molar-refractivity contribution in [1.82, 2.24) is 0 Å². The van der Waals surface area contributed by atoms with Crippen molar-refractivity contribution in [3.8, 4) is 0 Å². The minimum atomic E-state index is -4.16. The van der Waals surface area contributed by atoms with Crippen molar-refractivity contribution in [3.05, 3.63) is 71.3 Å². The molecule has 0 atom stereocenters. The fourth-order valence-electron chi connectivity index (χ4n) is 1.76. The van der Waals surface area contributed by atoms with Gasteiger partial charge in [0.2, 0.25) is 0 Å². The lowest BCUT2D eigenvalue weighted by atomic mass is 10.1. The van der Waals surface area contributed by atoms with E-state index in [0.717, 1.165) is 5.56 Å². The van der Waals surface area contributed by atoms with Gasteiger partial charge in [0, 0.05) is 5.56 Å². The van der Waals surface area contributed by atoms with E-state index in [-0.39, 0.29) is 10.5 Å². The second kappa shape index (κ2) is 5.83. The Bertz CT molecular complexity index is 819. The van der Waals surface area contributed by atoms with Crippen molar-refractivity contribution in [3.63, 3.8) is 0 Å². The van der Waals surface area contributed by atoms with Gasteiger partial charge in [0.15, 0.2) is 0 Å². The highest BCUT2D eigenvalue weighted by Crippen LogP contribution is 2.15. The van der Waals surface area contributed by atoms with Crippen molar-refractivity contribution in [1.29, 1.82) is 0 Å². The number of nitrogens with zero attached hydrogens (tertiary/aromatic N) is 2. The maximum Gasteiger partial charge on any atom is 0.456 e. The largest absolute Gasteiger partial charge is 0.456 e. The van der Waals surface area contributed by atoms with E-state index in [4.69, 9.17) is 5.53 Å². The van der Waals surface area contributed by atoms with Crippen LogP contribution in [0.25, 0.3) is 5.53 Å². The van der Waals surface area contributed by atoms with Crippen LogP contribution in [0.3, 0.4) is 0 Å². The van der Waals surface area contributed by atoms with Gasteiger partial charge in [-0.3, -0.25) is 4.79 Å². The summed E-state index contributed by atoms with van der Waals surface area (Å²) in [6.45, 7) is 1.81. The number of sulfone groups is 1. The molecule has 0 radical (unpaired) electrons. The van der Waals surface area contributed by atoms with E-state index in [0.29, 0.717) is 0 Å². The first-order chi connectivity index (χ1) is 9.96. The predicted octanol–water partition coefficient (Wildman–Crippen LogP) is 2.28. The molecule has 0 spiro atoms. The number of aryl methyl sites for hydroxylation is 1. The van der Waals surface area contributed by atoms with Gasteiger partial charge in [0.05, 0.1) is 4.90 Å². The minimum absolute atomic E-state index is 0.0924. The van der Waals surface area contributed by atoms with E-state index >= 15 is 0 Å². The van der Waals surface area contributed by atoms with Crippen LogP contribution in [0, 0.1) is 6.92 Å². The number of carbonyl (C=O) groups excluding carboxylic acids is 1. The number of Topliss-reactive ketones (excluding diaryl/α,β-unsaturated/α-hetero) is 1. The van der Waals surface area contributed by atoms with Crippen LogP contribution in [0.15, 0.2) is 59.5 Å². The molecule has 0 aliphatic rings. The van der Waals surface area contributed by atoms with E-state index in [2.05, 4.69) is 4.79 Å². The number of carbonyl (C=O) groups is 1. The normalized spacial score (nSPS) is 10.7. The Morgan fingerprint density at radius 1 is 1.00 bits per heavy atom. The number of rotatable bonds is 3. The average Bonchev–Trinajstić information content (AvgIpc) is 2.49. The summed E-state index contributed by atoms with van der Waals surface area (Å²) in [7, 11) is -4.16. The Morgan fingerprint density at radius 3 is 2.10 bits per heavy atom. The smallest absolute Gasteiger partial charge is 0.360 e. The van der Waals surface area contributed by atoms with Gasteiger partial charge in [0.1, 0.15) is 0 Å². The van der Waals surface area contributed by atoms with E-state index in [1.54, 1.807) is 30.3 Å². The van der Waals surface area contributed by atoms with Crippen LogP contribution < -0.4 is 0 Å². The molecular formula is C15H12N2O3S. The first kappa shape index (κ1) is 14.8. The van der Waals surface area contributed by atoms with E-state index < -0.39 is 20.7 Å². The van der Waals surface area contributed by atoms with Gasteiger partial charge in [-0.25, -0.2) is 8.42 Å². The number of ketones is 1. The Balaban J connectivity index is 2.49. The highest BCUT2D eigenvalue weighted by molar-refractivity contribution is 8.08. The predicted molar refractivity (Wildman–Crippen MR) is 77.8 cm³/mol. The lowest BCUT2D eigenvalue weighted by Crippen LogP contribution is -2.26. The maximum atomic E-state index is 12.4. The van der Waals surface area contributed by atoms with Crippen LogP contribution in [0.2, 0.25) is 0 Å². The van der Waals surface area contributed by atoms with Gasteiger partial charge in [-0.1, -0.05) is 48.0 Å². The van der Waals surface area contributed by atoms with Gasteiger partial charge in [-0.2, -0.15) is 0 Å². The molecule has 0 amide bonds. The summed E-state index contributed by atoms with van der Waals surface area (Å²) in [6.07, 6.45) is 0. The highest BCUT2D eigenvalue weighted by Gasteiger charge is 2.37. The second-order valence-corrected chi connectivity index (χ2v) is 6.28. The molecule has 0 heterocycles. The van der Waals surface area contributed by atoms with Crippen molar-refractivity contribution in [2.75, 3.05) is 0 Å². The summed E-state index contributed by atoms with van der Waals surface area (Å²) in [5.74, 6) is -0.848. The molecule has 0 aromatic heterocycles. The molecule has 0 saturated heterocycles. The van der Waals surface area contributed by atoms with Gasteiger partial charge in [-0.15, -0.1) is 4.79 Å². The zero-order valence-electron chi connectivity index (χ0n) is 11.2. The molecule has 0 unspecified atom stereocenters. The molecule has 0 fully saturated rings. The number of hydrogen-bond donors (Lipinski definition) is 0. The third-order valence-corrected chi connectivity index (χ3v) is 4.58.